The second-order valence-electron chi connectivity index (χ2n) is 3.67. The Morgan fingerprint density at radius 2 is 2.31 bits per heavy atom. The predicted octanol–water partition coefficient (Wildman–Crippen LogP) is 0.972. The summed E-state index contributed by atoms with van der Waals surface area (Å²) in [6.45, 7) is 2.47. The molecule has 0 atom stereocenters. The molecule has 0 aliphatic heterocycles. The van der Waals surface area contributed by atoms with E-state index in [0.29, 0.717) is 24.5 Å². The third-order valence-electron chi connectivity index (χ3n) is 2.27. The van der Waals surface area contributed by atoms with E-state index >= 15 is 0 Å². The van der Waals surface area contributed by atoms with Gasteiger partial charge in [-0.2, -0.15) is 0 Å². The van der Waals surface area contributed by atoms with Crippen molar-refractivity contribution in [3.05, 3.63) is 17.8 Å². The zero-order valence-corrected chi connectivity index (χ0v) is 9.86. The molecule has 1 heterocycles. The number of aryl methyl sites for hydroxylation is 1. The van der Waals surface area contributed by atoms with Crippen molar-refractivity contribution < 1.29 is 9.53 Å². The van der Waals surface area contributed by atoms with Crippen LogP contribution in [0.5, 0.6) is 0 Å². The van der Waals surface area contributed by atoms with E-state index in [-0.39, 0.29) is 5.97 Å². The Hall–Kier alpha value is -1.78. The maximum Gasteiger partial charge on any atom is 0.307 e. The highest BCUT2D eigenvalue weighted by molar-refractivity contribution is 5.70. The van der Waals surface area contributed by atoms with Gasteiger partial charge in [0.05, 0.1) is 19.2 Å². The van der Waals surface area contributed by atoms with Gasteiger partial charge >= 0.3 is 5.97 Å². The highest BCUT2D eigenvalue weighted by Crippen LogP contribution is 2.19. The second kappa shape index (κ2) is 5.34. The molecule has 0 fully saturated rings. The Bertz CT molecular complexity index is 379. The number of aromatic nitrogens is 1. The summed E-state index contributed by atoms with van der Waals surface area (Å²) < 4.78 is 4.57. The van der Waals surface area contributed by atoms with Crippen LogP contribution in [0.4, 0.5) is 11.5 Å². The summed E-state index contributed by atoms with van der Waals surface area (Å²) in [4.78, 5) is 17.1. The number of hydrogen-bond donors (Lipinski definition) is 1. The SMILES string of the molecule is COC(=O)CCN(C)c1ncc(C)cc1N. The van der Waals surface area contributed by atoms with Gasteiger partial charge in [-0.25, -0.2) is 4.98 Å². The van der Waals surface area contributed by atoms with Gasteiger partial charge in [0.1, 0.15) is 0 Å². The number of rotatable bonds is 4. The molecule has 0 amide bonds. The number of nitrogen functional groups attached to an aromatic ring is 1. The number of pyridine rings is 1. The summed E-state index contributed by atoms with van der Waals surface area (Å²) in [7, 11) is 3.22. The molecule has 2 N–H and O–H groups in total. The van der Waals surface area contributed by atoms with E-state index in [1.54, 1.807) is 6.20 Å². The van der Waals surface area contributed by atoms with Gasteiger partial charge in [0.2, 0.25) is 0 Å². The molecule has 0 radical (unpaired) electrons. The third-order valence-corrected chi connectivity index (χ3v) is 2.27. The van der Waals surface area contributed by atoms with Crippen LogP contribution in [-0.4, -0.2) is 31.7 Å². The van der Waals surface area contributed by atoms with Crippen molar-refractivity contribution in [3.8, 4) is 0 Å². The minimum absolute atomic E-state index is 0.238. The fraction of sp³-hybridized carbons (Fsp3) is 0.455. The molecule has 5 nitrogen and oxygen atoms in total. The summed E-state index contributed by atoms with van der Waals surface area (Å²) >= 11 is 0. The maximum atomic E-state index is 11.0. The van der Waals surface area contributed by atoms with Crippen molar-refractivity contribution in [2.24, 2.45) is 0 Å². The zero-order valence-electron chi connectivity index (χ0n) is 9.86. The number of methoxy groups -OCH3 is 1. The summed E-state index contributed by atoms with van der Waals surface area (Å²) in [5.74, 6) is 0.451. The van der Waals surface area contributed by atoms with Crippen molar-refractivity contribution in [2.45, 2.75) is 13.3 Å². The lowest BCUT2D eigenvalue weighted by Gasteiger charge is -2.19. The first-order valence-electron chi connectivity index (χ1n) is 5.04. The standard InChI is InChI=1S/C11H17N3O2/c1-8-6-9(12)11(13-7-8)14(2)5-4-10(15)16-3/h6-7H,4-5,12H2,1-3H3. The Kier molecular flexibility index (Phi) is 4.10. The van der Waals surface area contributed by atoms with Gasteiger partial charge in [-0.1, -0.05) is 0 Å². The van der Waals surface area contributed by atoms with Crippen molar-refractivity contribution in [1.29, 1.82) is 0 Å². The van der Waals surface area contributed by atoms with Crippen LogP contribution in [0.15, 0.2) is 12.3 Å². The lowest BCUT2D eigenvalue weighted by Crippen LogP contribution is -2.23. The minimum atomic E-state index is -0.238. The van der Waals surface area contributed by atoms with Crippen LogP contribution in [0.25, 0.3) is 0 Å². The van der Waals surface area contributed by atoms with E-state index in [1.807, 2.05) is 24.9 Å². The first-order chi connectivity index (χ1) is 7.54. The van der Waals surface area contributed by atoms with Crippen LogP contribution in [0.1, 0.15) is 12.0 Å². The van der Waals surface area contributed by atoms with Crippen LogP contribution in [0.3, 0.4) is 0 Å². The first kappa shape index (κ1) is 12.3. The molecule has 16 heavy (non-hydrogen) atoms. The largest absolute Gasteiger partial charge is 0.469 e. The summed E-state index contributed by atoms with van der Waals surface area (Å²) in [5, 5.41) is 0. The summed E-state index contributed by atoms with van der Waals surface area (Å²) in [6.07, 6.45) is 2.07. The minimum Gasteiger partial charge on any atom is -0.469 e. The number of anilines is 2. The molecule has 0 spiro atoms. The molecule has 1 rings (SSSR count). The first-order valence-corrected chi connectivity index (χ1v) is 5.04. The molecule has 5 heteroatoms. The highest BCUT2D eigenvalue weighted by Gasteiger charge is 2.09. The van der Waals surface area contributed by atoms with E-state index in [0.717, 1.165) is 5.56 Å². The molecule has 0 saturated carbocycles. The Labute approximate surface area is 95.2 Å². The number of nitrogens with zero attached hydrogens (tertiary/aromatic N) is 2. The molecule has 0 saturated heterocycles. The van der Waals surface area contributed by atoms with Crippen LogP contribution < -0.4 is 10.6 Å². The molecule has 1 aromatic rings. The summed E-state index contributed by atoms with van der Waals surface area (Å²) in [6, 6.07) is 1.86. The van der Waals surface area contributed by atoms with E-state index < -0.39 is 0 Å². The number of carbonyl (C=O) groups excluding carboxylic acids is 1. The Morgan fingerprint density at radius 1 is 1.62 bits per heavy atom. The molecule has 0 aliphatic carbocycles. The number of carbonyl (C=O) groups is 1. The van der Waals surface area contributed by atoms with Crippen LogP contribution in [-0.2, 0) is 9.53 Å². The Balaban J connectivity index is 2.65. The second-order valence-corrected chi connectivity index (χ2v) is 3.67. The molecule has 1 aromatic heterocycles. The van der Waals surface area contributed by atoms with E-state index in [1.165, 1.54) is 7.11 Å². The molecular weight excluding hydrogens is 206 g/mol. The normalized spacial score (nSPS) is 9.94. The van der Waals surface area contributed by atoms with Crippen LogP contribution >= 0.6 is 0 Å². The average Bonchev–Trinajstić information content (AvgIpc) is 2.25. The highest BCUT2D eigenvalue weighted by atomic mass is 16.5. The van der Waals surface area contributed by atoms with E-state index in [4.69, 9.17) is 5.73 Å². The Morgan fingerprint density at radius 3 is 2.88 bits per heavy atom. The molecule has 0 aromatic carbocycles. The number of nitrogens with two attached hydrogens (primary N) is 1. The van der Waals surface area contributed by atoms with Crippen molar-refractivity contribution in [2.75, 3.05) is 31.3 Å². The fourth-order valence-corrected chi connectivity index (χ4v) is 1.37. The fourth-order valence-electron chi connectivity index (χ4n) is 1.37. The average molecular weight is 223 g/mol. The molecule has 0 unspecified atom stereocenters. The quantitative estimate of drug-likeness (QED) is 0.770. The summed E-state index contributed by atoms with van der Waals surface area (Å²) in [5.41, 5.74) is 7.48. The predicted molar refractivity (Wildman–Crippen MR) is 63.3 cm³/mol. The number of hydrogen-bond acceptors (Lipinski definition) is 5. The van der Waals surface area contributed by atoms with Gasteiger partial charge in [0.25, 0.3) is 0 Å². The third kappa shape index (κ3) is 3.12. The van der Waals surface area contributed by atoms with Gasteiger partial charge < -0.3 is 15.4 Å². The van der Waals surface area contributed by atoms with Gasteiger partial charge in [0, 0.05) is 19.8 Å². The van der Waals surface area contributed by atoms with E-state index in [9.17, 15) is 4.79 Å². The lowest BCUT2D eigenvalue weighted by molar-refractivity contribution is -0.140. The van der Waals surface area contributed by atoms with Gasteiger partial charge in [-0.15, -0.1) is 0 Å². The number of ether oxygens (including phenoxy) is 1. The van der Waals surface area contributed by atoms with Crippen molar-refractivity contribution >= 4 is 17.5 Å². The molecular formula is C11H17N3O2. The molecule has 0 aliphatic rings. The van der Waals surface area contributed by atoms with Gasteiger partial charge in [-0.05, 0) is 18.6 Å². The van der Waals surface area contributed by atoms with Crippen molar-refractivity contribution in [1.82, 2.24) is 4.98 Å². The molecule has 88 valence electrons. The van der Waals surface area contributed by atoms with Gasteiger partial charge in [-0.3, -0.25) is 4.79 Å². The van der Waals surface area contributed by atoms with Crippen molar-refractivity contribution in [3.63, 3.8) is 0 Å². The maximum absolute atomic E-state index is 11.0. The van der Waals surface area contributed by atoms with Crippen LogP contribution in [0.2, 0.25) is 0 Å². The van der Waals surface area contributed by atoms with Crippen LogP contribution in [0, 0.1) is 6.92 Å². The molecule has 0 bridgehead atoms. The zero-order chi connectivity index (χ0) is 12.1. The monoisotopic (exact) mass is 223 g/mol. The van der Waals surface area contributed by atoms with Gasteiger partial charge in [0.15, 0.2) is 5.82 Å². The van der Waals surface area contributed by atoms with E-state index in [2.05, 4.69) is 9.72 Å². The topological polar surface area (TPSA) is 68.5 Å². The number of esters is 1. The lowest BCUT2D eigenvalue weighted by atomic mass is 10.2. The smallest absolute Gasteiger partial charge is 0.307 e.